The molecular formula is C20H26N2O. The van der Waals surface area contributed by atoms with Gasteiger partial charge in [-0.2, -0.15) is 0 Å². The minimum absolute atomic E-state index is 0.206. The summed E-state index contributed by atoms with van der Waals surface area (Å²) < 4.78 is 0. The maximum absolute atomic E-state index is 13.2. The Kier molecular flexibility index (Phi) is 4.24. The van der Waals surface area contributed by atoms with Crippen LogP contribution >= 0.6 is 0 Å². The predicted octanol–water partition coefficient (Wildman–Crippen LogP) is 4.22. The number of rotatable bonds is 4. The molecule has 1 atom stereocenters. The number of nitrogens with one attached hydrogen (secondary N) is 1. The molecule has 0 saturated carbocycles. The molecule has 0 amide bonds. The SMILES string of the molecule is CC(C)(C)CCC1(C(=O)c2ccc3ccccc3n2)CCNC1. The summed E-state index contributed by atoms with van der Waals surface area (Å²) >= 11 is 0. The summed E-state index contributed by atoms with van der Waals surface area (Å²) in [4.78, 5) is 17.9. The molecule has 1 aliphatic rings. The number of ketones is 1. The van der Waals surface area contributed by atoms with Gasteiger partial charge in [-0.15, -0.1) is 0 Å². The van der Waals surface area contributed by atoms with E-state index in [9.17, 15) is 4.79 Å². The Morgan fingerprint density at radius 1 is 1.22 bits per heavy atom. The lowest BCUT2D eigenvalue weighted by atomic mass is 9.73. The van der Waals surface area contributed by atoms with Gasteiger partial charge >= 0.3 is 0 Å². The van der Waals surface area contributed by atoms with Gasteiger partial charge in [-0.1, -0.05) is 45.0 Å². The molecule has 1 N–H and O–H groups in total. The number of fused-ring (bicyclic) bond motifs is 1. The molecule has 122 valence electrons. The van der Waals surface area contributed by atoms with Crippen LogP contribution in [0.25, 0.3) is 10.9 Å². The quantitative estimate of drug-likeness (QED) is 0.860. The summed E-state index contributed by atoms with van der Waals surface area (Å²) in [5.74, 6) is 0.206. The van der Waals surface area contributed by atoms with Crippen molar-refractivity contribution in [2.24, 2.45) is 10.8 Å². The van der Waals surface area contributed by atoms with Crippen molar-refractivity contribution in [2.45, 2.75) is 40.0 Å². The Hall–Kier alpha value is -1.74. The molecule has 1 saturated heterocycles. The van der Waals surface area contributed by atoms with Gasteiger partial charge in [0.15, 0.2) is 5.78 Å². The number of carbonyl (C=O) groups excluding carboxylic acids is 1. The lowest BCUT2D eigenvalue weighted by Crippen LogP contribution is -2.35. The third-order valence-corrected chi connectivity index (χ3v) is 4.91. The first-order chi connectivity index (χ1) is 10.9. The highest BCUT2D eigenvalue weighted by Crippen LogP contribution is 2.38. The third-order valence-electron chi connectivity index (χ3n) is 4.91. The largest absolute Gasteiger partial charge is 0.316 e. The number of aromatic nitrogens is 1. The molecule has 1 aromatic carbocycles. The maximum Gasteiger partial charge on any atom is 0.188 e. The zero-order valence-electron chi connectivity index (χ0n) is 14.4. The molecule has 1 fully saturated rings. The van der Waals surface area contributed by atoms with E-state index in [0.717, 1.165) is 43.3 Å². The molecule has 3 heteroatoms. The van der Waals surface area contributed by atoms with Crippen LogP contribution < -0.4 is 5.32 Å². The molecule has 0 aliphatic carbocycles. The molecule has 3 rings (SSSR count). The number of hydrogen-bond acceptors (Lipinski definition) is 3. The molecule has 23 heavy (non-hydrogen) atoms. The summed E-state index contributed by atoms with van der Waals surface area (Å²) in [7, 11) is 0. The van der Waals surface area contributed by atoms with Crippen LogP contribution in [-0.2, 0) is 0 Å². The fraction of sp³-hybridized carbons (Fsp3) is 0.500. The summed E-state index contributed by atoms with van der Waals surface area (Å²) in [6.45, 7) is 8.41. The number of pyridine rings is 1. The lowest BCUT2D eigenvalue weighted by Gasteiger charge is -2.30. The summed E-state index contributed by atoms with van der Waals surface area (Å²) in [6, 6.07) is 11.9. The van der Waals surface area contributed by atoms with Gasteiger partial charge in [-0.3, -0.25) is 4.79 Å². The molecular weight excluding hydrogens is 284 g/mol. The van der Waals surface area contributed by atoms with Crippen LogP contribution in [0.1, 0.15) is 50.5 Å². The van der Waals surface area contributed by atoms with Gasteiger partial charge in [0.05, 0.1) is 5.52 Å². The van der Waals surface area contributed by atoms with Crippen molar-refractivity contribution in [2.75, 3.05) is 13.1 Å². The molecule has 2 heterocycles. The van der Waals surface area contributed by atoms with Crippen LogP contribution in [0.4, 0.5) is 0 Å². The van der Waals surface area contributed by atoms with Crippen LogP contribution in [0.3, 0.4) is 0 Å². The minimum Gasteiger partial charge on any atom is -0.316 e. The van der Waals surface area contributed by atoms with Gasteiger partial charge in [-0.05, 0) is 43.4 Å². The smallest absolute Gasteiger partial charge is 0.188 e. The summed E-state index contributed by atoms with van der Waals surface area (Å²) in [5, 5.41) is 4.47. The fourth-order valence-corrected chi connectivity index (χ4v) is 3.34. The first-order valence-electron chi connectivity index (χ1n) is 8.51. The van der Waals surface area contributed by atoms with Gasteiger partial charge in [0, 0.05) is 17.3 Å². The van der Waals surface area contributed by atoms with Crippen molar-refractivity contribution >= 4 is 16.7 Å². The average Bonchev–Trinajstić information content (AvgIpc) is 3.01. The standard InChI is InChI=1S/C20H26N2O/c1-19(2,3)10-11-20(12-13-21-14-20)18(23)17-9-8-15-6-4-5-7-16(15)22-17/h4-9,21H,10-14H2,1-3H3. The first-order valence-corrected chi connectivity index (χ1v) is 8.51. The van der Waals surface area contributed by atoms with E-state index in [4.69, 9.17) is 0 Å². The fourth-order valence-electron chi connectivity index (χ4n) is 3.34. The van der Waals surface area contributed by atoms with Crippen molar-refractivity contribution in [1.29, 1.82) is 0 Å². The van der Waals surface area contributed by atoms with Crippen LogP contribution in [0.15, 0.2) is 36.4 Å². The third kappa shape index (κ3) is 3.45. The Bertz CT molecular complexity index is 709. The Balaban J connectivity index is 1.90. The van der Waals surface area contributed by atoms with Gasteiger partial charge in [0.1, 0.15) is 5.69 Å². The first kappa shape index (κ1) is 16.1. The number of para-hydroxylation sites is 1. The molecule has 0 bridgehead atoms. The maximum atomic E-state index is 13.2. The van der Waals surface area contributed by atoms with Crippen LogP contribution in [0.5, 0.6) is 0 Å². The molecule has 1 aromatic heterocycles. The van der Waals surface area contributed by atoms with Crippen LogP contribution in [0.2, 0.25) is 0 Å². The van der Waals surface area contributed by atoms with E-state index < -0.39 is 0 Å². The van der Waals surface area contributed by atoms with E-state index in [1.54, 1.807) is 0 Å². The number of benzene rings is 1. The lowest BCUT2D eigenvalue weighted by molar-refractivity contribution is 0.0778. The van der Waals surface area contributed by atoms with Crippen LogP contribution in [0, 0.1) is 10.8 Å². The molecule has 0 spiro atoms. The summed E-state index contributed by atoms with van der Waals surface area (Å²) in [5.41, 5.74) is 1.46. The van der Waals surface area contributed by atoms with E-state index in [0.29, 0.717) is 5.69 Å². The van der Waals surface area contributed by atoms with E-state index in [-0.39, 0.29) is 16.6 Å². The number of Topliss-reactive ketones (excluding diaryl/α,β-unsaturated/α-hetero) is 1. The normalized spacial score (nSPS) is 21.7. The zero-order chi connectivity index (χ0) is 16.5. The molecule has 2 aromatic rings. The average molecular weight is 310 g/mol. The Morgan fingerprint density at radius 3 is 2.70 bits per heavy atom. The Morgan fingerprint density at radius 2 is 2.00 bits per heavy atom. The second-order valence-electron chi connectivity index (χ2n) is 7.99. The highest BCUT2D eigenvalue weighted by molar-refractivity contribution is 6.01. The molecule has 1 unspecified atom stereocenters. The second-order valence-corrected chi connectivity index (χ2v) is 7.99. The van der Waals surface area contributed by atoms with Crippen molar-refractivity contribution in [1.82, 2.24) is 10.3 Å². The van der Waals surface area contributed by atoms with Gasteiger partial charge < -0.3 is 5.32 Å². The molecule has 0 radical (unpaired) electrons. The van der Waals surface area contributed by atoms with Gasteiger partial charge in [0.25, 0.3) is 0 Å². The minimum atomic E-state index is -0.289. The Labute approximate surface area is 138 Å². The second kappa shape index (κ2) is 6.04. The van der Waals surface area contributed by atoms with Gasteiger partial charge in [0.2, 0.25) is 0 Å². The number of carbonyl (C=O) groups is 1. The van der Waals surface area contributed by atoms with E-state index in [1.807, 2.05) is 36.4 Å². The van der Waals surface area contributed by atoms with E-state index in [2.05, 4.69) is 31.1 Å². The summed E-state index contributed by atoms with van der Waals surface area (Å²) in [6.07, 6.45) is 2.89. The predicted molar refractivity (Wildman–Crippen MR) is 94.7 cm³/mol. The molecule has 3 nitrogen and oxygen atoms in total. The van der Waals surface area contributed by atoms with Crippen molar-refractivity contribution < 1.29 is 4.79 Å². The number of nitrogens with zero attached hydrogens (tertiary/aromatic N) is 1. The monoisotopic (exact) mass is 310 g/mol. The van der Waals surface area contributed by atoms with E-state index >= 15 is 0 Å². The van der Waals surface area contributed by atoms with Crippen LogP contribution in [-0.4, -0.2) is 23.9 Å². The topological polar surface area (TPSA) is 42.0 Å². The van der Waals surface area contributed by atoms with E-state index in [1.165, 1.54) is 0 Å². The van der Waals surface area contributed by atoms with Crippen molar-refractivity contribution in [3.63, 3.8) is 0 Å². The van der Waals surface area contributed by atoms with Gasteiger partial charge in [-0.25, -0.2) is 4.98 Å². The van der Waals surface area contributed by atoms with Crippen molar-refractivity contribution in [3.05, 3.63) is 42.1 Å². The van der Waals surface area contributed by atoms with Crippen molar-refractivity contribution in [3.8, 4) is 0 Å². The number of hydrogen-bond donors (Lipinski definition) is 1. The molecule has 1 aliphatic heterocycles. The highest BCUT2D eigenvalue weighted by Gasteiger charge is 2.42. The zero-order valence-corrected chi connectivity index (χ0v) is 14.4. The highest BCUT2D eigenvalue weighted by atomic mass is 16.1.